The molecule has 0 saturated carbocycles. The number of aromatic carboxylic acids is 1. The molecular weight excluding hydrogens is 362 g/mol. The smallest absolute Gasteiger partial charge is 0.169 e. The van der Waals surface area contributed by atoms with Crippen molar-refractivity contribution in [3.05, 3.63) is 83.1 Å². The first kappa shape index (κ1) is 20.3. The van der Waals surface area contributed by atoms with Gasteiger partial charge in [0.05, 0.1) is 5.97 Å². The Morgan fingerprint density at radius 2 is 1.63 bits per heavy atom. The van der Waals surface area contributed by atoms with E-state index >= 15 is 0 Å². The van der Waals surface area contributed by atoms with Crippen LogP contribution in [0.1, 0.15) is 15.9 Å². The molecule has 0 atom stereocenters. The number of nitrogens with zero attached hydrogens (tertiary/aromatic N) is 1. The third-order valence-electron chi connectivity index (χ3n) is 3.90. The molecule has 0 unspecified atom stereocenters. The summed E-state index contributed by atoms with van der Waals surface area (Å²) in [5.74, 6) is -1.21. The van der Waals surface area contributed by atoms with Crippen molar-refractivity contribution < 1.29 is 14.9 Å². The van der Waals surface area contributed by atoms with E-state index in [9.17, 15) is 9.90 Å². The van der Waals surface area contributed by atoms with Crippen molar-refractivity contribution >= 4 is 34.6 Å². The number of para-hydroxylation sites is 1. The van der Waals surface area contributed by atoms with Gasteiger partial charge < -0.3 is 20.1 Å². The number of carbonyl (C=O) groups is 1. The lowest BCUT2D eigenvalue weighted by molar-refractivity contribution is -0.377. The Kier molecular flexibility index (Phi) is 7.20. The summed E-state index contributed by atoms with van der Waals surface area (Å²) < 4.78 is 0. The normalized spacial score (nSPS) is 9.78. The molecule has 1 heterocycles. The first-order valence-corrected chi connectivity index (χ1v) is 8.74. The summed E-state index contributed by atoms with van der Waals surface area (Å²) in [7, 11) is 4.05. The molecule has 0 saturated heterocycles. The minimum atomic E-state index is -1.21. The maximum atomic E-state index is 11.0. The van der Waals surface area contributed by atoms with Gasteiger partial charge in [0.2, 0.25) is 0 Å². The third-order valence-corrected chi connectivity index (χ3v) is 4.31. The summed E-state index contributed by atoms with van der Waals surface area (Å²) in [5, 5.41) is 14.7. The predicted molar refractivity (Wildman–Crippen MR) is 108 cm³/mol. The SMILES string of the molecule is CN(C)c1cc[nH+]cc1.Cc1c(Cl)cccc1Nc1ccccc1C(=O)[O-]. The fourth-order valence-corrected chi connectivity index (χ4v) is 2.51. The summed E-state index contributed by atoms with van der Waals surface area (Å²) in [5.41, 5.74) is 3.47. The van der Waals surface area contributed by atoms with Crippen molar-refractivity contribution in [2.45, 2.75) is 6.92 Å². The summed E-state index contributed by atoms with van der Waals surface area (Å²) >= 11 is 6.01. The van der Waals surface area contributed by atoms with Gasteiger partial charge in [-0.05, 0) is 30.7 Å². The molecule has 0 aliphatic rings. The van der Waals surface area contributed by atoms with E-state index in [2.05, 4.69) is 15.2 Å². The molecule has 0 bridgehead atoms. The van der Waals surface area contributed by atoms with Crippen LogP contribution in [0.4, 0.5) is 17.1 Å². The van der Waals surface area contributed by atoms with Crippen LogP contribution in [-0.4, -0.2) is 20.1 Å². The van der Waals surface area contributed by atoms with Gasteiger partial charge >= 0.3 is 0 Å². The molecular formula is C21H22ClN3O2. The summed E-state index contributed by atoms with van der Waals surface area (Å²) in [6.45, 7) is 1.87. The zero-order chi connectivity index (χ0) is 19.8. The van der Waals surface area contributed by atoms with Gasteiger partial charge in [-0.25, -0.2) is 4.98 Å². The van der Waals surface area contributed by atoms with Crippen molar-refractivity contribution in [1.82, 2.24) is 0 Å². The zero-order valence-corrected chi connectivity index (χ0v) is 16.2. The number of carboxylic acid groups (broad SMARTS) is 1. The highest BCUT2D eigenvalue weighted by atomic mass is 35.5. The van der Waals surface area contributed by atoms with Crippen molar-refractivity contribution in [2.24, 2.45) is 0 Å². The number of rotatable bonds is 4. The van der Waals surface area contributed by atoms with Gasteiger partial charge in [-0.3, -0.25) is 0 Å². The Hall–Kier alpha value is -3.05. The number of H-pyrrole nitrogens is 1. The number of pyridine rings is 1. The molecule has 0 radical (unpaired) electrons. The fraction of sp³-hybridized carbons (Fsp3) is 0.143. The Bertz CT molecular complexity index is 899. The van der Waals surface area contributed by atoms with Crippen LogP contribution in [0, 0.1) is 6.92 Å². The second-order valence-corrected chi connectivity index (χ2v) is 6.43. The monoisotopic (exact) mass is 383 g/mol. The molecule has 3 rings (SSSR count). The Morgan fingerprint density at radius 3 is 2.22 bits per heavy atom. The van der Waals surface area contributed by atoms with Gasteiger partial charge in [-0.1, -0.05) is 35.9 Å². The van der Waals surface area contributed by atoms with E-state index in [0.717, 1.165) is 11.3 Å². The number of anilines is 3. The highest BCUT2D eigenvalue weighted by molar-refractivity contribution is 6.31. The molecule has 140 valence electrons. The molecule has 2 aromatic carbocycles. The Balaban J connectivity index is 0.000000244. The molecule has 0 spiro atoms. The molecule has 1 aromatic heterocycles. The van der Waals surface area contributed by atoms with Crippen molar-refractivity contribution in [2.75, 3.05) is 24.3 Å². The average molecular weight is 384 g/mol. The lowest BCUT2D eigenvalue weighted by Crippen LogP contribution is -2.23. The van der Waals surface area contributed by atoms with Gasteiger partial charge in [0.1, 0.15) is 0 Å². The van der Waals surface area contributed by atoms with Gasteiger partial charge in [0.25, 0.3) is 0 Å². The second-order valence-electron chi connectivity index (χ2n) is 6.02. The lowest BCUT2D eigenvalue weighted by atomic mass is 10.1. The van der Waals surface area contributed by atoms with E-state index in [4.69, 9.17) is 11.6 Å². The minimum Gasteiger partial charge on any atom is -0.545 e. The number of halogens is 1. The van der Waals surface area contributed by atoms with Crippen LogP contribution in [0.15, 0.2) is 67.0 Å². The number of carboxylic acids is 1. The molecule has 0 amide bonds. The number of hydrogen-bond acceptors (Lipinski definition) is 4. The first-order valence-electron chi connectivity index (χ1n) is 8.36. The molecule has 0 aliphatic heterocycles. The summed E-state index contributed by atoms with van der Waals surface area (Å²) in [6.07, 6.45) is 3.82. The molecule has 0 aliphatic carbocycles. The van der Waals surface area contributed by atoms with E-state index in [-0.39, 0.29) is 5.56 Å². The third kappa shape index (κ3) is 5.72. The van der Waals surface area contributed by atoms with Crippen LogP contribution >= 0.6 is 11.6 Å². The number of aromatic amines is 1. The molecule has 3 aromatic rings. The lowest BCUT2D eigenvalue weighted by Gasteiger charge is -2.14. The minimum absolute atomic E-state index is 0.122. The second kappa shape index (κ2) is 9.59. The maximum Gasteiger partial charge on any atom is 0.169 e. The van der Waals surface area contributed by atoms with Gasteiger partial charge in [-0.2, -0.15) is 0 Å². The zero-order valence-electron chi connectivity index (χ0n) is 15.5. The quantitative estimate of drug-likeness (QED) is 0.750. The fourth-order valence-electron chi connectivity index (χ4n) is 2.33. The van der Waals surface area contributed by atoms with Gasteiger partial charge in [0, 0.05) is 53.9 Å². The van der Waals surface area contributed by atoms with E-state index < -0.39 is 5.97 Å². The van der Waals surface area contributed by atoms with E-state index in [1.165, 1.54) is 11.8 Å². The first-order chi connectivity index (χ1) is 12.9. The molecule has 27 heavy (non-hydrogen) atoms. The van der Waals surface area contributed by atoms with E-state index in [1.54, 1.807) is 30.3 Å². The maximum absolute atomic E-state index is 11.0. The highest BCUT2D eigenvalue weighted by Gasteiger charge is 2.06. The largest absolute Gasteiger partial charge is 0.545 e. The highest BCUT2D eigenvalue weighted by Crippen LogP contribution is 2.27. The number of aromatic nitrogens is 1. The van der Waals surface area contributed by atoms with Crippen molar-refractivity contribution in [3.63, 3.8) is 0 Å². The molecule has 5 nitrogen and oxygen atoms in total. The van der Waals surface area contributed by atoms with Crippen LogP contribution in [-0.2, 0) is 0 Å². The van der Waals surface area contributed by atoms with Gasteiger partial charge in [0.15, 0.2) is 12.4 Å². The Morgan fingerprint density at radius 1 is 1.00 bits per heavy atom. The molecule has 2 N–H and O–H groups in total. The van der Waals surface area contributed by atoms with Crippen molar-refractivity contribution in [3.8, 4) is 0 Å². The van der Waals surface area contributed by atoms with Crippen LogP contribution in [0.25, 0.3) is 0 Å². The number of hydrogen-bond donors (Lipinski definition) is 1. The molecule has 6 heteroatoms. The van der Waals surface area contributed by atoms with E-state index in [1.807, 2.05) is 51.6 Å². The van der Waals surface area contributed by atoms with Crippen LogP contribution in [0.2, 0.25) is 5.02 Å². The van der Waals surface area contributed by atoms with Crippen LogP contribution in [0.5, 0.6) is 0 Å². The number of benzene rings is 2. The summed E-state index contributed by atoms with van der Waals surface area (Å²) in [6, 6.07) is 16.1. The average Bonchev–Trinajstić information content (AvgIpc) is 2.67. The van der Waals surface area contributed by atoms with Crippen molar-refractivity contribution in [1.29, 1.82) is 0 Å². The summed E-state index contributed by atoms with van der Waals surface area (Å²) in [4.78, 5) is 16.0. The van der Waals surface area contributed by atoms with Crippen LogP contribution < -0.4 is 20.3 Å². The Labute approximate surface area is 164 Å². The number of carbonyl (C=O) groups excluding carboxylic acids is 1. The molecule has 0 fully saturated rings. The van der Waals surface area contributed by atoms with E-state index in [0.29, 0.717) is 10.7 Å². The topological polar surface area (TPSA) is 69.5 Å². The standard InChI is InChI=1S/C14H12ClNO2.C7H10N2/c1-9-11(15)6-4-8-12(9)16-13-7-3-2-5-10(13)14(17)18;1-9(2)7-3-5-8-6-4-7/h2-8,16H,1H3,(H,17,18);3-6H,1-2H3. The van der Waals surface area contributed by atoms with Gasteiger partial charge in [-0.15, -0.1) is 0 Å². The predicted octanol–water partition coefficient (Wildman–Crippen LogP) is 3.32. The van der Waals surface area contributed by atoms with Crippen LogP contribution in [0.3, 0.4) is 0 Å². The number of nitrogens with one attached hydrogen (secondary N) is 2.